The normalized spacial score (nSPS) is 11.3. The molecule has 11 heteroatoms. The molecule has 0 aliphatic carbocycles. The summed E-state index contributed by atoms with van der Waals surface area (Å²) < 4.78 is 64.9. The zero-order valence-electron chi connectivity index (χ0n) is 17.9. The highest BCUT2D eigenvalue weighted by Crippen LogP contribution is 2.35. The smallest absolute Gasteiger partial charge is 0.416 e. The molecule has 3 N–H and O–H groups in total. The van der Waals surface area contributed by atoms with E-state index in [1.54, 1.807) is 13.8 Å². The van der Waals surface area contributed by atoms with Crippen LogP contribution in [0.2, 0.25) is 0 Å². The molecule has 7 nitrogen and oxygen atoms in total. The number of ether oxygens (including phenoxy) is 2. The second-order valence-electron chi connectivity index (χ2n) is 7.32. The minimum atomic E-state index is -4.73. The van der Waals surface area contributed by atoms with E-state index in [1.165, 1.54) is 24.4 Å². The van der Waals surface area contributed by atoms with Crippen LogP contribution in [0.4, 0.5) is 23.2 Å². The average Bonchev–Trinajstić information content (AvgIpc) is 2.75. The number of aromatic nitrogens is 1. The lowest BCUT2D eigenvalue weighted by molar-refractivity contribution is -0.137. The molecule has 0 bridgehead atoms. The molecule has 34 heavy (non-hydrogen) atoms. The van der Waals surface area contributed by atoms with Gasteiger partial charge < -0.3 is 20.5 Å². The summed E-state index contributed by atoms with van der Waals surface area (Å²) in [7, 11) is 0. The van der Waals surface area contributed by atoms with Crippen LogP contribution in [0.25, 0.3) is 0 Å². The van der Waals surface area contributed by atoms with Gasteiger partial charge in [0.2, 0.25) is 0 Å². The van der Waals surface area contributed by atoms with E-state index in [-0.39, 0.29) is 34.7 Å². The number of nitrogens with one attached hydrogen (secondary N) is 1. The first kappa shape index (κ1) is 24.5. The van der Waals surface area contributed by atoms with Crippen molar-refractivity contribution in [3.8, 4) is 17.2 Å². The van der Waals surface area contributed by atoms with Gasteiger partial charge in [0, 0.05) is 18.0 Å². The molecule has 0 atom stereocenters. The van der Waals surface area contributed by atoms with Crippen molar-refractivity contribution < 1.29 is 36.6 Å². The Kier molecular flexibility index (Phi) is 7.04. The summed E-state index contributed by atoms with van der Waals surface area (Å²) in [6.07, 6.45) is -3.82. The molecule has 0 saturated carbocycles. The summed E-state index contributed by atoms with van der Waals surface area (Å²) in [6.45, 7) is 3.43. The first-order valence-corrected chi connectivity index (χ1v) is 9.86. The van der Waals surface area contributed by atoms with Crippen LogP contribution < -0.4 is 20.5 Å². The number of carbonyl (C=O) groups excluding carboxylic acids is 2. The molecule has 0 fully saturated rings. The van der Waals surface area contributed by atoms with Crippen molar-refractivity contribution in [2.45, 2.75) is 26.1 Å². The van der Waals surface area contributed by atoms with E-state index < -0.39 is 34.9 Å². The Morgan fingerprint density at radius 3 is 2.35 bits per heavy atom. The van der Waals surface area contributed by atoms with Gasteiger partial charge in [0.1, 0.15) is 17.2 Å². The van der Waals surface area contributed by atoms with Crippen molar-refractivity contribution in [3.63, 3.8) is 0 Å². The van der Waals surface area contributed by atoms with Gasteiger partial charge >= 0.3 is 6.18 Å². The van der Waals surface area contributed by atoms with Gasteiger partial charge in [-0.25, -0.2) is 4.39 Å². The molecule has 1 aromatic heterocycles. The van der Waals surface area contributed by atoms with Gasteiger partial charge in [-0.15, -0.1) is 0 Å². The van der Waals surface area contributed by atoms with Crippen LogP contribution in [0.5, 0.6) is 17.2 Å². The Morgan fingerprint density at radius 2 is 1.74 bits per heavy atom. The lowest BCUT2D eigenvalue weighted by Crippen LogP contribution is -2.17. The number of alkyl halides is 3. The number of rotatable bonds is 7. The second kappa shape index (κ2) is 9.77. The Morgan fingerprint density at radius 1 is 1.03 bits per heavy atom. The number of halogens is 4. The van der Waals surface area contributed by atoms with Crippen LogP contribution in [0.15, 0.2) is 54.7 Å². The molecule has 3 aromatic rings. The maximum absolute atomic E-state index is 14.3. The third kappa shape index (κ3) is 6.00. The van der Waals surface area contributed by atoms with E-state index in [0.717, 1.165) is 24.3 Å². The molecule has 3 rings (SSSR count). The Balaban J connectivity index is 1.95. The first-order chi connectivity index (χ1) is 15.9. The highest BCUT2D eigenvalue weighted by atomic mass is 19.4. The number of primary amides is 1. The molecular formula is C23H19F4N3O4. The molecule has 0 aliphatic rings. The van der Waals surface area contributed by atoms with Crippen molar-refractivity contribution in [1.82, 2.24) is 4.98 Å². The predicted octanol–water partition coefficient (Wildman–Crippen LogP) is 5.17. The van der Waals surface area contributed by atoms with Gasteiger partial charge in [-0.1, -0.05) is 0 Å². The zero-order valence-corrected chi connectivity index (χ0v) is 17.9. The van der Waals surface area contributed by atoms with Crippen molar-refractivity contribution >= 4 is 17.5 Å². The maximum atomic E-state index is 14.3. The molecule has 0 saturated heterocycles. The number of pyridine rings is 1. The number of carbonyl (C=O) groups is 2. The molecule has 0 radical (unpaired) electrons. The van der Waals surface area contributed by atoms with E-state index in [9.17, 15) is 27.2 Å². The third-order valence-corrected chi connectivity index (χ3v) is 4.32. The van der Waals surface area contributed by atoms with E-state index in [0.29, 0.717) is 6.07 Å². The zero-order chi connectivity index (χ0) is 25.0. The molecule has 0 unspecified atom stereocenters. The lowest BCUT2D eigenvalue weighted by Gasteiger charge is -2.15. The SMILES string of the molecule is CC(C)Oc1ccc(Oc2ccc(C(F)(F)F)cc2C(=O)Nc2ccnc(C(N)=O)c2)cc1F. The molecule has 1 heterocycles. The highest BCUT2D eigenvalue weighted by Gasteiger charge is 2.32. The summed E-state index contributed by atoms with van der Waals surface area (Å²) in [6, 6.07) is 8.41. The molecule has 0 aliphatic heterocycles. The number of nitrogens with zero attached hydrogens (tertiary/aromatic N) is 1. The van der Waals surface area contributed by atoms with Crippen LogP contribution in [-0.4, -0.2) is 22.9 Å². The van der Waals surface area contributed by atoms with E-state index in [2.05, 4.69) is 10.3 Å². The van der Waals surface area contributed by atoms with Crippen LogP contribution in [0.3, 0.4) is 0 Å². The van der Waals surface area contributed by atoms with Gasteiger partial charge in [0.25, 0.3) is 11.8 Å². The number of nitrogens with two attached hydrogens (primary N) is 1. The summed E-state index contributed by atoms with van der Waals surface area (Å²) in [5, 5.41) is 2.37. The lowest BCUT2D eigenvalue weighted by atomic mass is 10.1. The van der Waals surface area contributed by atoms with Crippen molar-refractivity contribution in [3.05, 3.63) is 77.4 Å². The molecule has 0 spiro atoms. The summed E-state index contributed by atoms with van der Waals surface area (Å²) >= 11 is 0. The Labute approximate surface area is 191 Å². The van der Waals surface area contributed by atoms with E-state index >= 15 is 0 Å². The Bertz CT molecular complexity index is 1230. The maximum Gasteiger partial charge on any atom is 0.416 e. The van der Waals surface area contributed by atoms with Crippen LogP contribution in [0, 0.1) is 5.82 Å². The number of hydrogen-bond acceptors (Lipinski definition) is 5. The van der Waals surface area contributed by atoms with E-state index in [4.69, 9.17) is 15.2 Å². The minimum Gasteiger partial charge on any atom is -0.488 e. The largest absolute Gasteiger partial charge is 0.488 e. The molecular weight excluding hydrogens is 458 g/mol. The number of anilines is 1. The third-order valence-electron chi connectivity index (χ3n) is 4.32. The van der Waals surface area contributed by atoms with Gasteiger partial charge in [0.05, 0.1) is 17.2 Å². The van der Waals surface area contributed by atoms with Gasteiger partial charge in [0.15, 0.2) is 11.6 Å². The number of benzene rings is 2. The molecule has 2 amide bonds. The van der Waals surface area contributed by atoms with Crippen molar-refractivity contribution in [2.24, 2.45) is 5.73 Å². The summed E-state index contributed by atoms with van der Waals surface area (Å²) in [4.78, 5) is 27.9. The quantitative estimate of drug-likeness (QED) is 0.457. The fourth-order valence-electron chi connectivity index (χ4n) is 2.84. The number of hydrogen-bond donors (Lipinski definition) is 2. The standard InChI is InChI=1S/C23H19F4N3O4/c1-12(2)33-20-6-4-15(11-17(20)24)34-19-5-3-13(23(25,26)27)9-16(19)22(32)30-14-7-8-29-18(10-14)21(28)31/h3-12H,1-2H3,(H2,28,31)(H,29,30,32). The fraction of sp³-hybridized carbons (Fsp3) is 0.174. The van der Waals surface area contributed by atoms with Crippen LogP contribution in [0.1, 0.15) is 40.3 Å². The minimum absolute atomic E-state index is 0.0318. The van der Waals surface area contributed by atoms with Crippen LogP contribution >= 0.6 is 0 Å². The number of amides is 2. The van der Waals surface area contributed by atoms with Gasteiger partial charge in [-0.3, -0.25) is 14.6 Å². The topological polar surface area (TPSA) is 104 Å². The summed E-state index contributed by atoms with van der Waals surface area (Å²) in [5.74, 6) is -2.93. The van der Waals surface area contributed by atoms with Crippen molar-refractivity contribution in [1.29, 1.82) is 0 Å². The van der Waals surface area contributed by atoms with Gasteiger partial charge in [-0.2, -0.15) is 13.2 Å². The highest BCUT2D eigenvalue weighted by molar-refractivity contribution is 6.06. The average molecular weight is 477 g/mol. The predicted molar refractivity (Wildman–Crippen MR) is 114 cm³/mol. The summed E-state index contributed by atoms with van der Waals surface area (Å²) in [5.41, 5.74) is 3.50. The monoisotopic (exact) mass is 477 g/mol. The fourth-order valence-corrected chi connectivity index (χ4v) is 2.84. The van der Waals surface area contributed by atoms with Crippen LogP contribution in [-0.2, 0) is 6.18 Å². The Hall–Kier alpha value is -4.15. The molecule has 2 aromatic carbocycles. The first-order valence-electron chi connectivity index (χ1n) is 9.86. The molecule has 178 valence electrons. The van der Waals surface area contributed by atoms with E-state index in [1.807, 2.05) is 0 Å². The van der Waals surface area contributed by atoms with Crippen molar-refractivity contribution in [2.75, 3.05) is 5.32 Å². The second-order valence-corrected chi connectivity index (χ2v) is 7.32. The van der Waals surface area contributed by atoms with Gasteiger partial charge in [-0.05, 0) is 56.3 Å².